The highest BCUT2D eigenvalue weighted by Gasteiger charge is 2.20. The van der Waals surface area contributed by atoms with E-state index in [1.807, 2.05) is 48.6 Å². The van der Waals surface area contributed by atoms with Gasteiger partial charge in [0.2, 0.25) is 0 Å². The summed E-state index contributed by atoms with van der Waals surface area (Å²) in [5, 5.41) is 27.2. The maximum atomic E-state index is 10.8. The van der Waals surface area contributed by atoms with E-state index in [9.17, 15) is 10.2 Å². The van der Waals surface area contributed by atoms with Gasteiger partial charge in [0.1, 0.15) is 11.5 Å². The molecule has 0 spiro atoms. The maximum Gasteiger partial charge on any atom is 0.119 e. The van der Waals surface area contributed by atoms with Crippen molar-refractivity contribution in [2.24, 2.45) is 0 Å². The van der Waals surface area contributed by atoms with Crippen molar-refractivity contribution in [2.45, 2.75) is 45.1 Å². The van der Waals surface area contributed by atoms with Crippen molar-refractivity contribution in [1.82, 2.24) is 4.57 Å². The molecule has 0 radical (unpaired) electrons. The van der Waals surface area contributed by atoms with E-state index in [0.29, 0.717) is 12.8 Å². The Morgan fingerprint density at radius 3 is 2.23 bits per heavy atom. The second kappa shape index (κ2) is 13.5. The van der Waals surface area contributed by atoms with E-state index in [1.165, 1.54) is 21.8 Å². The third-order valence-corrected chi connectivity index (χ3v) is 8.56. The molecule has 1 aromatic heterocycles. The molecule has 1 unspecified atom stereocenters. The molecular formula is C43H42N2O2. The Hall–Kier alpha value is -5.48. The van der Waals surface area contributed by atoms with Gasteiger partial charge in [-0.05, 0) is 86.3 Å². The molecule has 47 heavy (non-hydrogen) atoms. The first-order chi connectivity index (χ1) is 22.7. The lowest BCUT2D eigenvalue weighted by molar-refractivity contribution is 0.423. The van der Waals surface area contributed by atoms with E-state index in [2.05, 4.69) is 116 Å². The predicted molar refractivity (Wildman–Crippen MR) is 198 cm³/mol. The highest BCUT2D eigenvalue weighted by molar-refractivity contribution is 6.09. The van der Waals surface area contributed by atoms with Crippen LogP contribution in [0.5, 0.6) is 11.5 Å². The summed E-state index contributed by atoms with van der Waals surface area (Å²) in [5.74, 6) is 0.319. The normalized spacial score (nSPS) is 13.0. The third-order valence-electron chi connectivity index (χ3n) is 8.56. The van der Waals surface area contributed by atoms with Gasteiger partial charge in [-0.15, -0.1) is 6.58 Å². The number of hydrogen-bond donors (Lipinski definition) is 3. The number of hydrogen-bond acceptors (Lipinski definition) is 3. The first kappa shape index (κ1) is 31.5. The molecular weight excluding hydrogens is 576 g/mol. The van der Waals surface area contributed by atoms with E-state index in [4.69, 9.17) is 0 Å². The van der Waals surface area contributed by atoms with Crippen LogP contribution in [0.15, 0.2) is 152 Å². The number of phenols is 2. The number of phenolic OH excluding ortho intramolecular Hbond substituents is 2. The fourth-order valence-electron chi connectivity index (χ4n) is 6.41. The summed E-state index contributed by atoms with van der Waals surface area (Å²) in [6, 6.07) is 38.7. The Morgan fingerprint density at radius 1 is 0.766 bits per heavy atom. The molecule has 0 amide bonds. The van der Waals surface area contributed by atoms with Gasteiger partial charge in [-0.3, -0.25) is 0 Å². The van der Waals surface area contributed by atoms with Crippen LogP contribution in [-0.2, 0) is 12.0 Å². The van der Waals surface area contributed by atoms with Crippen LogP contribution in [0.4, 0.5) is 5.69 Å². The predicted octanol–water partition coefficient (Wildman–Crippen LogP) is 11.1. The van der Waals surface area contributed by atoms with E-state index >= 15 is 0 Å². The van der Waals surface area contributed by atoms with Crippen LogP contribution in [0.2, 0.25) is 0 Å². The molecule has 0 aliphatic heterocycles. The zero-order valence-corrected chi connectivity index (χ0v) is 27.3. The molecule has 4 heteroatoms. The molecule has 0 aliphatic rings. The number of aromatic hydroxyl groups is 2. The Kier molecular flexibility index (Phi) is 9.03. The van der Waals surface area contributed by atoms with E-state index in [-0.39, 0.29) is 23.0 Å². The number of allylic oxidation sites excluding steroid dienone is 4. The van der Waals surface area contributed by atoms with Crippen molar-refractivity contribution in [3.63, 3.8) is 0 Å². The van der Waals surface area contributed by atoms with Gasteiger partial charge in [0, 0.05) is 56.6 Å². The minimum Gasteiger partial charge on any atom is -0.508 e. The van der Waals surface area contributed by atoms with Crippen molar-refractivity contribution in [2.75, 3.05) is 5.32 Å². The van der Waals surface area contributed by atoms with E-state index in [0.717, 1.165) is 33.6 Å². The summed E-state index contributed by atoms with van der Waals surface area (Å²) >= 11 is 0. The van der Waals surface area contributed by atoms with Gasteiger partial charge in [-0.2, -0.15) is 0 Å². The molecule has 0 aliphatic carbocycles. The second-order valence-corrected chi connectivity index (χ2v) is 13.0. The second-order valence-electron chi connectivity index (χ2n) is 13.0. The molecule has 4 nitrogen and oxygen atoms in total. The van der Waals surface area contributed by atoms with Gasteiger partial charge in [-0.1, -0.05) is 97.1 Å². The van der Waals surface area contributed by atoms with Crippen LogP contribution in [-0.4, -0.2) is 14.8 Å². The average molecular weight is 619 g/mol. The van der Waals surface area contributed by atoms with Crippen molar-refractivity contribution >= 4 is 27.5 Å². The summed E-state index contributed by atoms with van der Waals surface area (Å²) in [6.07, 6.45) is 9.34. The van der Waals surface area contributed by atoms with Gasteiger partial charge in [0.25, 0.3) is 0 Å². The smallest absolute Gasteiger partial charge is 0.119 e. The zero-order chi connectivity index (χ0) is 33.0. The number of anilines is 1. The molecule has 0 fully saturated rings. The third kappa shape index (κ3) is 6.87. The SMILES string of the molecule is C=CC/C(=C/C(/C=C\Cc1ccccc1O)c1ccccc1O)Nc1cccc(-c2ccc3c(c2)c2ccccc2n3C(C)(C)C)c1. The molecule has 0 saturated carbocycles. The summed E-state index contributed by atoms with van der Waals surface area (Å²) < 4.78 is 2.43. The Morgan fingerprint density at radius 2 is 1.47 bits per heavy atom. The zero-order valence-electron chi connectivity index (χ0n) is 27.3. The molecule has 6 rings (SSSR count). The lowest BCUT2D eigenvalue weighted by Gasteiger charge is -2.24. The van der Waals surface area contributed by atoms with Gasteiger partial charge < -0.3 is 20.1 Å². The number of aromatic nitrogens is 1. The summed E-state index contributed by atoms with van der Waals surface area (Å²) in [6.45, 7) is 10.8. The number of nitrogens with zero attached hydrogens (tertiary/aromatic N) is 1. The number of fused-ring (bicyclic) bond motifs is 3. The highest BCUT2D eigenvalue weighted by Crippen LogP contribution is 2.37. The maximum absolute atomic E-state index is 10.8. The molecule has 236 valence electrons. The van der Waals surface area contributed by atoms with Crippen molar-refractivity contribution in [1.29, 1.82) is 0 Å². The molecule has 0 bridgehead atoms. The molecule has 1 heterocycles. The first-order valence-corrected chi connectivity index (χ1v) is 16.2. The number of para-hydroxylation sites is 3. The van der Waals surface area contributed by atoms with Crippen molar-refractivity contribution in [3.05, 3.63) is 163 Å². The van der Waals surface area contributed by atoms with E-state index in [1.54, 1.807) is 12.1 Å². The first-order valence-electron chi connectivity index (χ1n) is 16.2. The Bertz CT molecular complexity index is 2110. The Labute approximate surface area is 277 Å². The van der Waals surface area contributed by atoms with Crippen molar-refractivity contribution < 1.29 is 10.2 Å². The Balaban J connectivity index is 1.33. The summed E-state index contributed by atoms with van der Waals surface area (Å²) in [7, 11) is 0. The standard InChI is InChI=1S/C43H42N2O2/c1-5-14-34(28-33(36-20-8-11-24-42(36)47)18-12-16-30-15-6-10-23-41(30)46)44-35-19-13-17-31(27-35)32-25-26-40-38(29-32)37-21-7-9-22-39(37)45(40)43(2,3)4/h5-13,15,17-29,33,44,46-47H,1,14,16H2,2-4H3/b18-12-,34-28-. The molecule has 3 N–H and O–H groups in total. The quantitative estimate of drug-likeness (QED) is 0.134. The molecule has 6 aromatic rings. The monoisotopic (exact) mass is 618 g/mol. The summed E-state index contributed by atoms with van der Waals surface area (Å²) in [4.78, 5) is 0. The topological polar surface area (TPSA) is 57.4 Å². The fourth-order valence-corrected chi connectivity index (χ4v) is 6.41. The largest absolute Gasteiger partial charge is 0.508 e. The minimum absolute atomic E-state index is 0.0481. The lowest BCUT2D eigenvalue weighted by Crippen LogP contribution is -2.21. The van der Waals surface area contributed by atoms with Crippen LogP contribution < -0.4 is 5.32 Å². The molecule has 0 saturated heterocycles. The van der Waals surface area contributed by atoms with E-state index < -0.39 is 0 Å². The lowest BCUT2D eigenvalue weighted by atomic mass is 9.95. The number of nitrogens with one attached hydrogen (secondary N) is 1. The van der Waals surface area contributed by atoms with Crippen LogP contribution >= 0.6 is 0 Å². The number of benzene rings is 5. The van der Waals surface area contributed by atoms with Gasteiger partial charge in [0.05, 0.1) is 0 Å². The fraction of sp³-hybridized carbons (Fsp3) is 0.163. The number of rotatable bonds is 10. The van der Waals surface area contributed by atoms with Crippen LogP contribution in [0.3, 0.4) is 0 Å². The van der Waals surface area contributed by atoms with Crippen LogP contribution in [0.1, 0.15) is 44.2 Å². The molecule has 1 atom stereocenters. The molecule has 5 aromatic carbocycles. The van der Waals surface area contributed by atoms with Crippen LogP contribution in [0.25, 0.3) is 32.9 Å². The van der Waals surface area contributed by atoms with Gasteiger partial charge in [-0.25, -0.2) is 0 Å². The van der Waals surface area contributed by atoms with Gasteiger partial charge >= 0.3 is 0 Å². The average Bonchev–Trinajstić information content (AvgIpc) is 3.40. The highest BCUT2D eigenvalue weighted by atomic mass is 16.3. The van der Waals surface area contributed by atoms with Crippen molar-refractivity contribution in [3.8, 4) is 22.6 Å². The minimum atomic E-state index is -0.199. The van der Waals surface area contributed by atoms with Gasteiger partial charge in [0.15, 0.2) is 0 Å². The summed E-state index contributed by atoms with van der Waals surface area (Å²) in [5.41, 5.74) is 8.33. The van der Waals surface area contributed by atoms with Crippen LogP contribution in [0, 0.1) is 0 Å².